The first kappa shape index (κ1) is 18.5. The SMILES string of the molecule is CC(C)Oc1ccccc1NC(=O)c1ccnc(NCc2ccccc2)c1. The fraction of sp³-hybridized carbons (Fsp3) is 0.182. The van der Waals surface area contributed by atoms with Gasteiger partial charge in [0.2, 0.25) is 0 Å². The van der Waals surface area contributed by atoms with Gasteiger partial charge in [0.25, 0.3) is 5.91 Å². The van der Waals surface area contributed by atoms with Gasteiger partial charge in [-0.15, -0.1) is 0 Å². The van der Waals surface area contributed by atoms with Crippen LogP contribution in [0, 0.1) is 0 Å². The van der Waals surface area contributed by atoms with Crippen LogP contribution in [0.5, 0.6) is 5.75 Å². The monoisotopic (exact) mass is 361 g/mol. The molecule has 0 aliphatic carbocycles. The third-order valence-electron chi connectivity index (χ3n) is 3.84. The van der Waals surface area contributed by atoms with E-state index in [0.717, 1.165) is 5.56 Å². The zero-order valence-corrected chi connectivity index (χ0v) is 15.5. The van der Waals surface area contributed by atoms with E-state index >= 15 is 0 Å². The molecule has 0 spiro atoms. The number of pyridine rings is 1. The highest BCUT2D eigenvalue weighted by Gasteiger charge is 2.11. The Kier molecular flexibility index (Phi) is 6.05. The average Bonchev–Trinajstić information content (AvgIpc) is 2.68. The number of nitrogens with one attached hydrogen (secondary N) is 2. The lowest BCUT2D eigenvalue weighted by Crippen LogP contribution is -2.15. The third kappa shape index (κ3) is 5.31. The Balaban J connectivity index is 1.69. The van der Waals surface area contributed by atoms with Crippen LogP contribution in [0.15, 0.2) is 72.9 Å². The molecule has 1 amide bonds. The Morgan fingerprint density at radius 3 is 2.56 bits per heavy atom. The molecule has 5 heteroatoms. The van der Waals surface area contributed by atoms with E-state index in [9.17, 15) is 4.79 Å². The second-order valence-electron chi connectivity index (χ2n) is 6.39. The normalized spacial score (nSPS) is 10.5. The number of nitrogens with zero attached hydrogens (tertiary/aromatic N) is 1. The van der Waals surface area contributed by atoms with Crippen LogP contribution in [0.4, 0.5) is 11.5 Å². The molecule has 0 fully saturated rings. The number of rotatable bonds is 7. The summed E-state index contributed by atoms with van der Waals surface area (Å²) in [5, 5.41) is 6.16. The van der Waals surface area contributed by atoms with E-state index in [1.165, 1.54) is 0 Å². The third-order valence-corrected chi connectivity index (χ3v) is 3.84. The van der Waals surface area contributed by atoms with Gasteiger partial charge in [0.1, 0.15) is 11.6 Å². The summed E-state index contributed by atoms with van der Waals surface area (Å²) in [7, 11) is 0. The predicted molar refractivity (Wildman–Crippen MR) is 108 cm³/mol. The molecule has 0 unspecified atom stereocenters. The minimum atomic E-state index is -0.208. The molecule has 1 heterocycles. The fourth-order valence-corrected chi connectivity index (χ4v) is 2.58. The van der Waals surface area contributed by atoms with Gasteiger partial charge in [-0.25, -0.2) is 4.98 Å². The van der Waals surface area contributed by atoms with Crippen molar-refractivity contribution in [2.24, 2.45) is 0 Å². The van der Waals surface area contributed by atoms with E-state index < -0.39 is 0 Å². The number of amides is 1. The Labute approximate surface area is 159 Å². The fourth-order valence-electron chi connectivity index (χ4n) is 2.58. The van der Waals surface area contributed by atoms with Gasteiger partial charge in [-0.3, -0.25) is 4.79 Å². The molecule has 0 saturated heterocycles. The maximum Gasteiger partial charge on any atom is 0.255 e. The van der Waals surface area contributed by atoms with Crippen LogP contribution in [0.3, 0.4) is 0 Å². The molecule has 0 radical (unpaired) electrons. The molecule has 1 aromatic heterocycles. The number of ether oxygens (including phenoxy) is 1. The van der Waals surface area contributed by atoms with E-state index in [-0.39, 0.29) is 12.0 Å². The first-order valence-electron chi connectivity index (χ1n) is 8.92. The van der Waals surface area contributed by atoms with Gasteiger partial charge >= 0.3 is 0 Å². The number of anilines is 2. The number of aromatic nitrogens is 1. The van der Waals surface area contributed by atoms with Crippen molar-refractivity contribution in [3.8, 4) is 5.75 Å². The number of para-hydroxylation sites is 2. The molecule has 5 nitrogen and oxygen atoms in total. The standard InChI is InChI=1S/C22H23N3O2/c1-16(2)27-20-11-7-6-10-19(20)25-22(26)18-12-13-23-21(14-18)24-15-17-8-4-3-5-9-17/h3-14,16H,15H2,1-2H3,(H,23,24)(H,25,26). The molecule has 2 N–H and O–H groups in total. The Morgan fingerprint density at radius 2 is 1.78 bits per heavy atom. The van der Waals surface area contributed by atoms with Crippen molar-refractivity contribution in [2.45, 2.75) is 26.5 Å². The maximum absolute atomic E-state index is 12.7. The predicted octanol–water partition coefficient (Wildman–Crippen LogP) is 4.73. The topological polar surface area (TPSA) is 63.2 Å². The summed E-state index contributed by atoms with van der Waals surface area (Å²) in [5.41, 5.74) is 2.32. The molecule has 2 aromatic carbocycles. The largest absolute Gasteiger partial charge is 0.489 e. The molecule has 3 aromatic rings. The minimum Gasteiger partial charge on any atom is -0.489 e. The number of hydrogen-bond acceptors (Lipinski definition) is 4. The molecule has 0 atom stereocenters. The zero-order chi connectivity index (χ0) is 19.1. The first-order valence-corrected chi connectivity index (χ1v) is 8.92. The highest BCUT2D eigenvalue weighted by atomic mass is 16.5. The van der Waals surface area contributed by atoms with Crippen LogP contribution >= 0.6 is 0 Å². The van der Waals surface area contributed by atoms with Crippen LogP contribution in [0.1, 0.15) is 29.8 Å². The summed E-state index contributed by atoms with van der Waals surface area (Å²) < 4.78 is 5.75. The molecule has 0 saturated carbocycles. The molecule has 138 valence electrons. The summed E-state index contributed by atoms with van der Waals surface area (Å²) in [6.07, 6.45) is 1.65. The summed E-state index contributed by atoms with van der Waals surface area (Å²) in [4.78, 5) is 16.9. The minimum absolute atomic E-state index is 0.0257. The Bertz CT molecular complexity index is 895. The average molecular weight is 361 g/mol. The van der Waals surface area contributed by atoms with Crippen molar-refractivity contribution >= 4 is 17.4 Å². The van der Waals surface area contributed by atoms with Crippen molar-refractivity contribution in [3.63, 3.8) is 0 Å². The Morgan fingerprint density at radius 1 is 1.04 bits per heavy atom. The van der Waals surface area contributed by atoms with E-state index in [1.807, 2.05) is 68.4 Å². The molecule has 0 aliphatic heterocycles. The van der Waals surface area contributed by atoms with Crippen LogP contribution in [0.2, 0.25) is 0 Å². The van der Waals surface area contributed by atoms with Gasteiger partial charge < -0.3 is 15.4 Å². The number of carbonyl (C=O) groups excluding carboxylic acids is 1. The molecule has 0 bridgehead atoms. The lowest BCUT2D eigenvalue weighted by atomic mass is 10.2. The van der Waals surface area contributed by atoms with Crippen molar-refractivity contribution in [1.29, 1.82) is 0 Å². The van der Waals surface area contributed by atoms with Crippen LogP contribution in [-0.4, -0.2) is 17.0 Å². The zero-order valence-electron chi connectivity index (χ0n) is 15.5. The van der Waals surface area contributed by atoms with Gasteiger partial charge in [-0.2, -0.15) is 0 Å². The van der Waals surface area contributed by atoms with E-state index in [0.29, 0.717) is 29.4 Å². The lowest BCUT2D eigenvalue weighted by Gasteiger charge is -2.15. The summed E-state index contributed by atoms with van der Waals surface area (Å²) >= 11 is 0. The molecular formula is C22H23N3O2. The van der Waals surface area contributed by atoms with E-state index in [1.54, 1.807) is 18.3 Å². The van der Waals surface area contributed by atoms with Crippen molar-refractivity contribution in [2.75, 3.05) is 10.6 Å². The van der Waals surface area contributed by atoms with Crippen molar-refractivity contribution in [3.05, 3.63) is 84.1 Å². The first-order chi connectivity index (χ1) is 13.1. The highest BCUT2D eigenvalue weighted by Crippen LogP contribution is 2.25. The van der Waals surface area contributed by atoms with Gasteiger partial charge in [-0.05, 0) is 43.7 Å². The number of carbonyl (C=O) groups is 1. The second-order valence-corrected chi connectivity index (χ2v) is 6.39. The van der Waals surface area contributed by atoms with Gasteiger partial charge in [0.15, 0.2) is 0 Å². The molecule has 3 rings (SSSR count). The molecule has 27 heavy (non-hydrogen) atoms. The van der Waals surface area contributed by atoms with Crippen LogP contribution in [-0.2, 0) is 6.54 Å². The molecule has 0 aliphatic rings. The second kappa shape index (κ2) is 8.85. The quantitative estimate of drug-likeness (QED) is 0.638. The Hall–Kier alpha value is -3.34. The number of benzene rings is 2. The van der Waals surface area contributed by atoms with Crippen LogP contribution < -0.4 is 15.4 Å². The number of hydrogen-bond donors (Lipinski definition) is 2. The summed E-state index contributed by atoms with van der Waals surface area (Å²) in [6, 6.07) is 20.9. The van der Waals surface area contributed by atoms with Gasteiger partial charge in [0, 0.05) is 18.3 Å². The summed E-state index contributed by atoms with van der Waals surface area (Å²) in [5.74, 6) is 1.09. The van der Waals surface area contributed by atoms with E-state index in [2.05, 4.69) is 15.6 Å². The lowest BCUT2D eigenvalue weighted by molar-refractivity contribution is 0.102. The molecular weight excluding hydrogens is 338 g/mol. The highest BCUT2D eigenvalue weighted by molar-refractivity contribution is 6.05. The van der Waals surface area contributed by atoms with E-state index in [4.69, 9.17) is 4.74 Å². The van der Waals surface area contributed by atoms with Crippen molar-refractivity contribution in [1.82, 2.24) is 4.98 Å². The van der Waals surface area contributed by atoms with Crippen molar-refractivity contribution < 1.29 is 9.53 Å². The smallest absolute Gasteiger partial charge is 0.255 e. The summed E-state index contributed by atoms with van der Waals surface area (Å²) in [6.45, 7) is 4.54. The van der Waals surface area contributed by atoms with Crippen LogP contribution in [0.25, 0.3) is 0 Å². The maximum atomic E-state index is 12.7. The van der Waals surface area contributed by atoms with Gasteiger partial charge in [0.05, 0.1) is 11.8 Å². The van der Waals surface area contributed by atoms with Gasteiger partial charge in [-0.1, -0.05) is 42.5 Å².